The molecular formula is C16H15F3N4O2S. The standard InChI is InChI=1S/C16H15F3N4O2S/c1-21-12-11(13(24)23(3)15(25)22(12)2)20-14(21)26-8-9-5-4-6-10(7-9)16(17,18)19/h4-7H,8H2,1-3H3. The number of alkyl halides is 3. The number of hydrogen-bond donors (Lipinski definition) is 0. The van der Waals surface area contributed by atoms with Gasteiger partial charge in [0.05, 0.1) is 5.56 Å². The molecule has 0 amide bonds. The van der Waals surface area contributed by atoms with Gasteiger partial charge < -0.3 is 4.57 Å². The lowest BCUT2D eigenvalue weighted by atomic mass is 10.1. The van der Waals surface area contributed by atoms with Crippen LogP contribution in [0.15, 0.2) is 39.0 Å². The van der Waals surface area contributed by atoms with E-state index in [1.807, 2.05) is 0 Å². The normalized spacial score (nSPS) is 12.1. The molecule has 0 aliphatic rings. The number of nitrogens with zero attached hydrogens (tertiary/aromatic N) is 4. The van der Waals surface area contributed by atoms with E-state index in [1.54, 1.807) is 17.7 Å². The zero-order valence-corrected chi connectivity index (χ0v) is 15.0. The van der Waals surface area contributed by atoms with E-state index >= 15 is 0 Å². The Morgan fingerprint density at radius 1 is 1.08 bits per heavy atom. The number of hydrogen-bond acceptors (Lipinski definition) is 4. The molecule has 0 aliphatic carbocycles. The smallest absolute Gasteiger partial charge is 0.308 e. The van der Waals surface area contributed by atoms with E-state index in [4.69, 9.17) is 0 Å². The summed E-state index contributed by atoms with van der Waals surface area (Å²) in [6.07, 6.45) is -4.40. The molecule has 3 rings (SSSR count). The van der Waals surface area contributed by atoms with Crippen molar-refractivity contribution < 1.29 is 13.2 Å². The van der Waals surface area contributed by atoms with E-state index in [9.17, 15) is 22.8 Å². The van der Waals surface area contributed by atoms with Crippen LogP contribution in [0.1, 0.15) is 11.1 Å². The molecule has 10 heteroatoms. The van der Waals surface area contributed by atoms with Crippen molar-refractivity contribution >= 4 is 22.9 Å². The van der Waals surface area contributed by atoms with Crippen molar-refractivity contribution in [2.45, 2.75) is 17.1 Å². The summed E-state index contributed by atoms with van der Waals surface area (Å²) in [6.45, 7) is 0. The number of thioether (sulfide) groups is 1. The van der Waals surface area contributed by atoms with Crippen LogP contribution >= 0.6 is 11.8 Å². The van der Waals surface area contributed by atoms with Crippen molar-refractivity contribution in [3.05, 3.63) is 56.2 Å². The molecule has 0 spiro atoms. The number of halogens is 3. The van der Waals surface area contributed by atoms with Crippen molar-refractivity contribution in [3.8, 4) is 0 Å². The maximum absolute atomic E-state index is 12.8. The van der Waals surface area contributed by atoms with E-state index in [2.05, 4.69) is 4.98 Å². The minimum absolute atomic E-state index is 0.142. The van der Waals surface area contributed by atoms with Crippen LogP contribution in [0.25, 0.3) is 11.2 Å². The Labute approximate surface area is 149 Å². The number of imidazole rings is 1. The van der Waals surface area contributed by atoms with Crippen molar-refractivity contribution in [1.29, 1.82) is 0 Å². The monoisotopic (exact) mass is 384 g/mol. The maximum Gasteiger partial charge on any atom is 0.416 e. The van der Waals surface area contributed by atoms with Crippen LogP contribution in [0, 0.1) is 0 Å². The van der Waals surface area contributed by atoms with Gasteiger partial charge in [-0.05, 0) is 11.6 Å². The molecule has 26 heavy (non-hydrogen) atoms. The van der Waals surface area contributed by atoms with E-state index in [-0.39, 0.29) is 11.3 Å². The molecular weight excluding hydrogens is 369 g/mol. The van der Waals surface area contributed by atoms with Gasteiger partial charge in [0, 0.05) is 26.9 Å². The fourth-order valence-electron chi connectivity index (χ4n) is 2.67. The third-order valence-corrected chi connectivity index (χ3v) is 5.15. The fourth-order valence-corrected chi connectivity index (χ4v) is 3.58. The molecule has 3 aromatic rings. The molecule has 0 saturated heterocycles. The first kappa shape index (κ1) is 18.3. The average molecular weight is 384 g/mol. The second-order valence-electron chi connectivity index (χ2n) is 5.82. The zero-order valence-electron chi connectivity index (χ0n) is 14.2. The summed E-state index contributed by atoms with van der Waals surface area (Å²) in [4.78, 5) is 28.6. The van der Waals surface area contributed by atoms with Gasteiger partial charge in [0.25, 0.3) is 5.56 Å². The van der Waals surface area contributed by atoms with E-state index < -0.39 is 23.0 Å². The minimum Gasteiger partial charge on any atom is -0.308 e. The van der Waals surface area contributed by atoms with Crippen LogP contribution in [0.5, 0.6) is 0 Å². The van der Waals surface area contributed by atoms with Crippen LogP contribution in [-0.2, 0) is 33.1 Å². The highest BCUT2D eigenvalue weighted by atomic mass is 32.2. The third-order valence-electron chi connectivity index (χ3n) is 4.04. The molecule has 0 atom stereocenters. The summed E-state index contributed by atoms with van der Waals surface area (Å²) >= 11 is 1.20. The lowest BCUT2D eigenvalue weighted by Crippen LogP contribution is -2.37. The largest absolute Gasteiger partial charge is 0.416 e. The van der Waals surface area contributed by atoms with Gasteiger partial charge in [0.2, 0.25) is 0 Å². The number of benzene rings is 1. The second kappa shape index (κ2) is 6.35. The minimum atomic E-state index is -4.40. The van der Waals surface area contributed by atoms with Gasteiger partial charge in [0.15, 0.2) is 16.3 Å². The van der Waals surface area contributed by atoms with Gasteiger partial charge in [-0.15, -0.1) is 0 Å². The summed E-state index contributed by atoms with van der Waals surface area (Å²) in [5.41, 5.74) is -0.701. The van der Waals surface area contributed by atoms with Gasteiger partial charge in [-0.2, -0.15) is 13.2 Å². The molecule has 138 valence electrons. The van der Waals surface area contributed by atoms with Crippen LogP contribution in [0.2, 0.25) is 0 Å². The quantitative estimate of drug-likeness (QED) is 0.650. The fraction of sp³-hybridized carbons (Fsp3) is 0.312. The molecule has 2 aromatic heterocycles. The topological polar surface area (TPSA) is 61.8 Å². The molecule has 0 radical (unpaired) electrons. The van der Waals surface area contributed by atoms with Crippen molar-refractivity contribution in [2.24, 2.45) is 21.1 Å². The molecule has 0 unspecified atom stereocenters. The van der Waals surface area contributed by atoms with E-state index in [0.29, 0.717) is 16.4 Å². The molecule has 1 aromatic carbocycles. The van der Waals surface area contributed by atoms with Crippen LogP contribution in [-0.4, -0.2) is 18.7 Å². The van der Waals surface area contributed by atoms with Crippen LogP contribution in [0.3, 0.4) is 0 Å². The third kappa shape index (κ3) is 3.05. The lowest BCUT2D eigenvalue weighted by molar-refractivity contribution is -0.137. The van der Waals surface area contributed by atoms with Crippen molar-refractivity contribution in [2.75, 3.05) is 0 Å². The average Bonchev–Trinajstić information content (AvgIpc) is 2.92. The Morgan fingerprint density at radius 3 is 2.42 bits per heavy atom. The Balaban J connectivity index is 1.97. The maximum atomic E-state index is 12.8. The first-order valence-corrected chi connectivity index (χ1v) is 8.51. The predicted molar refractivity (Wildman–Crippen MR) is 92.2 cm³/mol. The van der Waals surface area contributed by atoms with Gasteiger partial charge in [-0.1, -0.05) is 30.0 Å². The van der Waals surface area contributed by atoms with E-state index in [1.165, 1.54) is 36.5 Å². The number of aromatic nitrogens is 4. The van der Waals surface area contributed by atoms with Gasteiger partial charge in [0.1, 0.15) is 0 Å². The first-order chi connectivity index (χ1) is 12.1. The SMILES string of the molecule is Cn1c(=O)c2nc(SCc3cccc(C(F)(F)F)c3)n(C)c2n(C)c1=O. The molecule has 0 aliphatic heterocycles. The summed E-state index contributed by atoms with van der Waals surface area (Å²) in [5.74, 6) is 0.245. The Hall–Kier alpha value is -2.49. The predicted octanol–water partition coefficient (Wildman–Crippen LogP) is 2.28. The number of aryl methyl sites for hydroxylation is 2. The van der Waals surface area contributed by atoms with Crippen LogP contribution < -0.4 is 11.2 Å². The first-order valence-electron chi connectivity index (χ1n) is 7.52. The molecule has 6 nitrogen and oxygen atoms in total. The Kier molecular flexibility index (Phi) is 4.47. The Morgan fingerprint density at radius 2 is 1.77 bits per heavy atom. The van der Waals surface area contributed by atoms with Crippen molar-refractivity contribution in [1.82, 2.24) is 18.7 Å². The molecule has 2 heterocycles. The van der Waals surface area contributed by atoms with Crippen LogP contribution in [0.4, 0.5) is 13.2 Å². The lowest BCUT2D eigenvalue weighted by Gasteiger charge is -2.09. The van der Waals surface area contributed by atoms with Gasteiger partial charge in [-0.3, -0.25) is 13.9 Å². The highest BCUT2D eigenvalue weighted by Gasteiger charge is 2.30. The van der Waals surface area contributed by atoms with Gasteiger partial charge >= 0.3 is 11.9 Å². The Bertz CT molecular complexity index is 1110. The molecule has 0 saturated carbocycles. The number of fused-ring (bicyclic) bond motifs is 1. The number of rotatable bonds is 3. The second-order valence-corrected chi connectivity index (χ2v) is 6.76. The molecule has 0 bridgehead atoms. The van der Waals surface area contributed by atoms with Gasteiger partial charge in [-0.25, -0.2) is 9.78 Å². The zero-order chi connectivity index (χ0) is 19.2. The highest BCUT2D eigenvalue weighted by Crippen LogP contribution is 2.31. The van der Waals surface area contributed by atoms with E-state index in [0.717, 1.165) is 16.7 Å². The summed E-state index contributed by atoms with van der Waals surface area (Å²) in [6, 6.07) is 5.06. The molecule has 0 fully saturated rings. The summed E-state index contributed by atoms with van der Waals surface area (Å²) in [5, 5.41) is 0.440. The highest BCUT2D eigenvalue weighted by molar-refractivity contribution is 7.98. The summed E-state index contributed by atoms with van der Waals surface area (Å²) in [7, 11) is 4.56. The molecule has 0 N–H and O–H groups in total. The van der Waals surface area contributed by atoms with Crippen molar-refractivity contribution in [3.63, 3.8) is 0 Å². The summed E-state index contributed by atoms with van der Waals surface area (Å²) < 4.78 is 42.3.